The molecule has 6 heteroatoms. The first-order valence-electron chi connectivity index (χ1n) is 6.91. The van der Waals surface area contributed by atoms with Gasteiger partial charge in [-0.3, -0.25) is 4.79 Å². The summed E-state index contributed by atoms with van der Waals surface area (Å²) in [5.74, 6) is -0.00486. The number of amides is 1. The zero-order chi connectivity index (χ0) is 14.9. The zero-order valence-corrected chi connectivity index (χ0v) is 13.1. The number of likely N-dealkylation sites (tertiary alicyclic amines) is 1. The highest BCUT2D eigenvalue weighted by Crippen LogP contribution is 2.19. The molecule has 0 radical (unpaired) electrons. The Kier molecular flexibility index (Phi) is 4.22. The molecule has 0 aliphatic carbocycles. The average Bonchev–Trinajstić information content (AvgIpc) is 2.59. The summed E-state index contributed by atoms with van der Waals surface area (Å²) in [5.41, 5.74) is 1.71. The van der Waals surface area contributed by atoms with Crippen molar-refractivity contribution in [3.63, 3.8) is 0 Å². The Bertz CT molecular complexity index is 604. The molecular formula is C14H22N2O3S. The summed E-state index contributed by atoms with van der Waals surface area (Å²) in [5, 5.41) is -0.310. The molecule has 0 aromatic carbocycles. The van der Waals surface area contributed by atoms with Gasteiger partial charge < -0.3 is 9.47 Å². The highest BCUT2D eigenvalue weighted by atomic mass is 32.2. The van der Waals surface area contributed by atoms with Gasteiger partial charge in [-0.25, -0.2) is 8.42 Å². The van der Waals surface area contributed by atoms with Gasteiger partial charge in [-0.2, -0.15) is 0 Å². The number of nitrogens with zero attached hydrogens (tertiary/aromatic N) is 2. The van der Waals surface area contributed by atoms with Gasteiger partial charge in [0.25, 0.3) is 5.91 Å². The Morgan fingerprint density at radius 3 is 2.50 bits per heavy atom. The average molecular weight is 298 g/mol. The fourth-order valence-corrected chi connectivity index (χ4v) is 3.82. The van der Waals surface area contributed by atoms with Crippen LogP contribution in [0, 0.1) is 6.92 Å². The van der Waals surface area contributed by atoms with E-state index in [9.17, 15) is 13.2 Å². The third-order valence-electron chi connectivity index (χ3n) is 4.16. The van der Waals surface area contributed by atoms with E-state index in [4.69, 9.17) is 0 Å². The first-order chi connectivity index (χ1) is 9.30. The van der Waals surface area contributed by atoms with Crippen molar-refractivity contribution in [2.45, 2.75) is 31.4 Å². The molecular weight excluding hydrogens is 276 g/mol. The van der Waals surface area contributed by atoms with Gasteiger partial charge in [0.1, 0.15) is 15.5 Å². The van der Waals surface area contributed by atoms with Crippen LogP contribution in [0.25, 0.3) is 0 Å². The lowest BCUT2D eigenvalue weighted by molar-refractivity contribution is 0.0752. The maximum absolute atomic E-state index is 12.5. The van der Waals surface area contributed by atoms with Gasteiger partial charge in [0, 0.05) is 32.1 Å². The number of aryl methyl sites for hydroxylation is 1. The molecule has 1 aliphatic rings. The lowest BCUT2D eigenvalue weighted by atomic mass is 10.2. The van der Waals surface area contributed by atoms with Gasteiger partial charge in [-0.05, 0) is 38.3 Å². The maximum Gasteiger partial charge on any atom is 0.270 e. The predicted octanol–water partition coefficient (Wildman–Crippen LogP) is 1.37. The van der Waals surface area contributed by atoms with Crippen LogP contribution in [0.1, 0.15) is 35.4 Å². The third kappa shape index (κ3) is 3.06. The number of rotatable bonds is 2. The number of carbonyl (C=O) groups is 1. The quantitative estimate of drug-likeness (QED) is 0.828. The minimum absolute atomic E-state index is 0.00486. The number of carbonyl (C=O) groups excluding carboxylic acids is 1. The van der Waals surface area contributed by atoms with Crippen LogP contribution in [-0.2, 0) is 16.9 Å². The van der Waals surface area contributed by atoms with E-state index in [1.54, 1.807) is 4.90 Å². The first-order valence-corrected chi connectivity index (χ1v) is 8.86. The summed E-state index contributed by atoms with van der Waals surface area (Å²) in [6.07, 6.45) is 3.21. The second-order valence-electron chi connectivity index (χ2n) is 5.59. The monoisotopic (exact) mass is 298 g/mol. The summed E-state index contributed by atoms with van der Waals surface area (Å²) in [4.78, 5) is 14.3. The molecule has 0 bridgehead atoms. The normalized spacial score (nSPS) is 20.8. The topological polar surface area (TPSA) is 59.4 Å². The van der Waals surface area contributed by atoms with Crippen molar-refractivity contribution < 1.29 is 13.2 Å². The number of hydrogen-bond acceptors (Lipinski definition) is 3. The van der Waals surface area contributed by atoms with Crippen LogP contribution in [-0.4, -0.2) is 48.4 Å². The van der Waals surface area contributed by atoms with E-state index in [1.165, 1.54) is 6.26 Å². The highest BCUT2D eigenvalue weighted by Gasteiger charge is 2.27. The number of sulfone groups is 1. The fourth-order valence-electron chi connectivity index (χ4n) is 2.69. The molecule has 1 aromatic rings. The first kappa shape index (κ1) is 15.1. The number of aromatic nitrogens is 1. The van der Waals surface area contributed by atoms with E-state index in [0.29, 0.717) is 31.6 Å². The van der Waals surface area contributed by atoms with E-state index in [1.807, 2.05) is 30.7 Å². The summed E-state index contributed by atoms with van der Waals surface area (Å²) in [7, 11) is -1.14. The highest BCUT2D eigenvalue weighted by molar-refractivity contribution is 7.91. The molecule has 1 unspecified atom stereocenters. The maximum atomic E-state index is 12.5. The molecule has 0 spiro atoms. The van der Waals surface area contributed by atoms with Crippen molar-refractivity contribution in [2.24, 2.45) is 7.05 Å². The molecule has 2 rings (SSSR count). The van der Waals surface area contributed by atoms with Crippen molar-refractivity contribution in [1.29, 1.82) is 0 Å². The van der Waals surface area contributed by atoms with Crippen molar-refractivity contribution in [3.8, 4) is 0 Å². The molecule has 1 amide bonds. The Hall–Kier alpha value is -1.30. The van der Waals surface area contributed by atoms with Crippen molar-refractivity contribution in [3.05, 3.63) is 23.5 Å². The Morgan fingerprint density at radius 1 is 1.25 bits per heavy atom. The van der Waals surface area contributed by atoms with E-state index < -0.39 is 9.84 Å². The lowest BCUT2D eigenvalue weighted by Gasteiger charge is -2.21. The third-order valence-corrected chi connectivity index (χ3v) is 5.84. The smallest absolute Gasteiger partial charge is 0.270 e. The molecule has 1 saturated heterocycles. The van der Waals surface area contributed by atoms with Gasteiger partial charge in [0.05, 0.1) is 5.25 Å². The molecule has 0 N–H and O–H groups in total. The van der Waals surface area contributed by atoms with E-state index in [2.05, 4.69) is 0 Å². The summed E-state index contributed by atoms with van der Waals surface area (Å²) in [6, 6.07) is 3.75. The molecule has 112 valence electrons. The number of hydrogen-bond donors (Lipinski definition) is 0. The second kappa shape index (κ2) is 5.60. The standard InChI is InChI=1S/C14H22N2O3S/c1-11-6-7-13(15(11)2)14(17)16-9-4-5-12(8-10-16)20(3,18)19/h6-7,12H,4-5,8-10H2,1-3H3. The fraction of sp³-hybridized carbons (Fsp3) is 0.643. The van der Waals surface area contributed by atoms with Crippen LogP contribution in [0.4, 0.5) is 0 Å². The Labute approximate surface area is 120 Å². The van der Waals surface area contributed by atoms with E-state index in [-0.39, 0.29) is 11.2 Å². The molecule has 5 nitrogen and oxygen atoms in total. The SMILES string of the molecule is Cc1ccc(C(=O)N2CCCC(S(C)(=O)=O)CC2)n1C. The van der Waals surface area contributed by atoms with Gasteiger partial charge in [-0.15, -0.1) is 0 Å². The molecule has 1 fully saturated rings. The molecule has 0 saturated carbocycles. The molecule has 2 heterocycles. The minimum atomic E-state index is -3.01. The lowest BCUT2D eigenvalue weighted by Crippen LogP contribution is -2.33. The van der Waals surface area contributed by atoms with Crippen LogP contribution >= 0.6 is 0 Å². The van der Waals surface area contributed by atoms with Crippen molar-refractivity contribution >= 4 is 15.7 Å². The van der Waals surface area contributed by atoms with Crippen molar-refractivity contribution in [1.82, 2.24) is 9.47 Å². The largest absolute Gasteiger partial charge is 0.344 e. The minimum Gasteiger partial charge on any atom is -0.344 e. The Morgan fingerprint density at radius 2 is 1.95 bits per heavy atom. The van der Waals surface area contributed by atoms with Crippen LogP contribution in [0.15, 0.2) is 12.1 Å². The summed E-state index contributed by atoms with van der Waals surface area (Å²) < 4.78 is 25.1. The van der Waals surface area contributed by atoms with E-state index in [0.717, 1.165) is 12.1 Å². The van der Waals surface area contributed by atoms with Crippen LogP contribution in [0.3, 0.4) is 0 Å². The van der Waals surface area contributed by atoms with Crippen LogP contribution in [0.2, 0.25) is 0 Å². The predicted molar refractivity (Wildman–Crippen MR) is 78.5 cm³/mol. The van der Waals surface area contributed by atoms with Crippen molar-refractivity contribution in [2.75, 3.05) is 19.3 Å². The zero-order valence-electron chi connectivity index (χ0n) is 12.3. The molecule has 20 heavy (non-hydrogen) atoms. The molecule has 1 aliphatic heterocycles. The van der Waals surface area contributed by atoms with E-state index >= 15 is 0 Å². The van der Waals surface area contributed by atoms with Gasteiger partial charge in [-0.1, -0.05) is 0 Å². The van der Waals surface area contributed by atoms with Gasteiger partial charge in [0.2, 0.25) is 0 Å². The van der Waals surface area contributed by atoms with Gasteiger partial charge >= 0.3 is 0 Å². The van der Waals surface area contributed by atoms with Crippen LogP contribution < -0.4 is 0 Å². The second-order valence-corrected chi connectivity index (χ2v) is 7.92. The Balaban J connectivity index is 2.11. The molecule has 1 aromatic heterocycles. The van der Waals surface area contributed by atoms with Gasteiger partial charge in [0.15, 0.2) is 0 Å². The summed E-state index contributed by atoms with van der Waals surface area (Å²) >= 11 is 0. The van der Waals surface area contributed by atoms with Crippen LogP contribution in [0.5, 0.6) is 0 Å². The molecule has 1 atom stereocenters. The summed E-state index contributed by atoms with van der Waals surface area (Å²) in [6.45, 7) is 3.11.